The van der Waals surface area contributed by atoms with Gasteiger partial charge in [-0.1, -0.05) is 256 Å². The van der Waals surface area contributed by atoms with E-state index in [0.717, 1.165) is 141 Å². The second-order valence-electron chi connectivity index (χ2n) is 20.5. The minimum absolute atomic E-state index is 0.108. The third kappa shape index (κ3) is 62.1. The van der Waals surface area contributed by atoms with Crippen molar-refractivity contribution < 1.29 is 28.6 Å². The highest BCUT2D eigenvalue weighted by atomic mass is 16.6. The summed E-state index contributed by atoms with van der Waals surface area (Å²) in [7, 11) is 0. The first-order valence-electron chi connectivity index (χ1n) is 31.8. The van der Waals surface area contributed by atoms with E-state index < -0.39 is 6.10 Å². The number of hydrogen-bond acceptors (Lipinski definition) is 6. The lowest BCUT2D eigenvalue weighted by Crippen LogP contribution is -2.30. The van der Waals surface area contributed by atoms with Gasteiger partial charge in [0, 0.05) is 19.3 Å². The number of carbonyl (C=O) groups excluding carboxylic acids is 3. The summed E-state index contributed by atoms with van der Waals surface area (Å²) in [6, 6.07) is 0. The molecule has 440 valence electrons. The van der Waals surface area contributed by atoms with Crippen LogP contribution in [0.25, 0.3) is 0 Å². The van der Waals surface area contributed by atoms with E-state index in [1.807, 2.05) is 0 Å². The Morgan fingerprint density at radius 2 is 0.500 bits per heavy atom. The molecule has 0 aromatic carbocycles. The Morgan fingerprint density at radius 1 is 0.269 bits per heavy atom. The summed E-state index contributed by atoms with van der Waals surface area (Å²) in [5.74, 6) is -0.971. The Balaban J connectivity index is 4.51. The maximum absolute atomic E-state index is 12.9. The second-order valence-corrected chi connectivity index (χ2v) is 20.5. The lowest BCUT2D eigenvalue weighted by atomic mass is 10.1. The van der Waals surface area contributed by atoms with Gasteiger partial charge in [-0.25, -0.2) is 0 Å². The summed E-state index contributed by atoms with van der Waals surface area (Å²) in [4.78, 5) is 38.3. The summed E-state index contributed by atoms with van der Waals surface area (Å²) in [6.45, 7) is 6.36. The zero-order valence-electron chi connectivity index (χ0n) is 50.4. The Bertz CT molecular complexity index is 1710. The first-order chi connectivity index (χ1) is 38.5. The highest BCUT2D eigenvalue weighted by Gasteiger charge is 2.19. The van der Waals surface area contributed by atoms with Gasteiger partial charge in [-0.05, 0) is 141 Å². The first-order valence-corrected chi connectivity index (χ1v) is 31.8. The Hall–Kier alpha value is -4.71. The van der Waals surface area contributed by atoms with E-state index in [0.29, 0.717) is 19.3 Å². The zero-order chi connectivity index (χ0) is 56.4. The molecule has 0 bridgehead atoms. The molecule has 0 saturated heterocycles. The fourth-order valence-corrected chi connectivity index (χ4v) is 8.35. The van der Waals surface area contributed by atoms with Crippen molar-refractivity contribution in [2.75, 3.05) is 13.2 Å². The van der Waals surface area contributed by atoms with Gasteiger partial charge in [0.25, 0.3) is 0 Å². The van der Waals surface area contributed by atoms with Crippen molar-refractivity contribution in [1.29, 1.82) is 0 Å². The van der Waals surface area contributed by atoms with Crippen LogP contribution in [-0.2, 0) is 28.6 Å². The van der Waals surface area contributed by atoms with Crippen LogP contribution in [-0.4, -0.2) is 37.2 Å². The molecule has 0 aromatic rings. The number of allylic oxidation sites excluding steroid dienone is 24. The summed E-state index contributed by atoms with van der Waals surface area (Å²) in [6.07, 6.45) is 92.7. The SMILES string of the molecule is CC/C=C\C/C=C\C/C=C\C/C=C\C/C=C\C/C=C\CCCCC(=O)OC(COC(=O)CCCCCCC/C=C\CCCCCCCCC)COC(=O)CCCCCCCCC/C=C\C/C=C\C/C=C\C/C=C\C/C=C\CC. The predicted octanol–water partition coefficient (Wildman–Crippen LogP) is 21.9. The van der Waals surface area contributed by atoms with Crippen molar-refractivity contribution >= 4 is 17.9 Å². The fraction of sp³-hybridized carbons (Fsp3) is 0.625. The van der Waals surface area contributed by atoms with Gasteiger partial charge in [-0.15, -0.1) is 0 Å². The van der Waals surface area contributed by atoms with Gasteiger partial charge in [0.2, 0.25) is 0 Å². The molecular weight excluding hydrogens is 961 g/mol. The molecule has 0 aliphatic rings. The topological polar surface area (TPSA) is 78.9 Å². The third-order valence-corrected chi connectivity index (χ3v) is 13.1. The quantitative estimate of drug-likeness (QED) is 0.0261. The molecular formula is C72H116O6. The predicted molar refractivity (Wildman–Crippen MR) is 339 cm³/mol. The number of esters is 3. The molecule has 0 radical (unpaired) electrons. The van der Waals surface area contributed by atoms with Crippen LogP contribution in [0.1, 0.15) is 271 Å². The van der Waals surface area contributed by atoms with Crippen LogP contribution < -0.4 is 0 Å². The van der Waals surface area contributed by atoms with Crippen LogP contribution >= 0.6 is 0 Å². The van der Waals surface area contributed by atoms with Crippen LogP contribution in [0.15, 0.2) is 146 Å². The molecule has 0 saturated carbocycles. The summed E-state index contributed by atoms with van der Waals surface area (Å²) in [5, 5.41) is 0. The number of rotatable bonds is 56. The van der Waals surface area contributed by atoms with Gasteiger partial charge in [0.1, 0.15) is 13.2 Å². The summed E-state index contributed by atoms with van der Waals surface area (Å²) >= 11 is 0. The van der Waals surface area contributed by atoms with Crippen molar-refractivity contribution in [2.45, 2.75) is 277 Å². The lowest BCUT2D eigenvalue weighted by molar-refractivity contribution is -0.167. The molecule has 0 aromatic heterocycles. The minimum Gasteiger partial charge on any atom is -0.462 e. The smallest absolute Gasteiger partial charge is 0.306 e. The summed E-state index contributed by atoms with van der Waals surface area (Å²) in [5.41, 5.74) is 0. The number of unbranched alkanes of at least 4 members (excludes halogenated alkanes) is 21. The minimum atomic E-state index is -0.817. The maximum Gasteiger partial charge on any atom is 0.306 e. The van der Waals surface area contributed by atoms with E-state index in [4.69, 9.17) is 14.2 Å². The standard InChI is InChI=1S/C72H116O6/c1-4-7-10-13-16-19-22-25-28-31-33-35-36-38-39-41-44-47-50-53-56-59-62-65-71(74)77-68-69(67-76-70(73)64-61-58-55-52-49-46-43-30-27-24-21-18-15-12-9-6-3)78-72(75)66-63-60-57-54-51-48-45-42-40-37-34-32-29-26-23-20-17-14-11-8-5-2/h7-8,10-11,16-17,19-20,25-26,28-30,33-35,37-39,42-43,45,51,54,69H,4-6,9,12-15,18,21-24,27,31-32,36,40-41,44,46-50,52-53,55-68H2,1-3H3/b10-7-,11-8-,19-16-,20-17-,28-25-,29-26-,35-33-,37-34-,39-38-,43-30-,45-42-,54-51-. The zero-order valence-corrected chi connectivity index (χ0v) is 50.4. The van der Waals surface area contributed by atoms with Crippen LogP contribution in [0.5, 0.6) is 0 Å². The average Bonchev–Trinajstić information content (AvgIpc) is 3.44. The van der Waals surface area contributed by atoms with Gasteiger partial charge >= 0.3 is 17.9 Å². The molecule has 1 atom stereocenters. The van der Waals surface area contributed by atoms with Gasteiger partial charge in [0.15, 0.2) is 6.10 Å². The van der Waals surface area contributed by atoms with Crippen molar-refractivity contribution in [3.05, 3.63) is 146 Å². The maximum atomic E-state index is 12.9. The lowest BCUT2D eigenvalue weighted by Gasteiger charge is -2.18. The number of ether oxygens (including phenoxy) is 3. The van der Waals surface area contributed by atoms with Gasteiger partial charge in [0.05, 0.1) is 0 Å². The largest absolute Gasteiger partial charge is 0.462 e. The first kappa shape index (κ1) is 73.3. The number of carbonyl (C=O) groups is 3. The highest BCUT2D eigenvalue weighted by molar-refractivity contribution is 5.71. The normalized spacial score (nSPS) is 13.1. The molecule has 0 rings (SSSR count). The molecule has 1 unspecified atom stereocenters. The Morgan fingerprint density at radius 3 is 0.821 bits per heavy atom. The molecule has 0 N–H and O–H groups in total. The van der Waals surface area contributed by atoms with E-state index in [1.54, 1.807) is 0 Å². The van der Waals surface area contributed by atoms with E-state index in [2.05, 4.69) is 167 Å². The van der Waals surface area contributed by atoms with Crippen LogP contribution in [0, 0.1) is 0 Å². The van der Waals surface area contributed by atoms with Crippen molar-refractivity contribution in [3.63, 3.8) is 0 Å². The van der Waals surface area contributed by atoms with E-state index >= 15 is 0 Å². The Kier molecular flexibility index (Phi) is 60.9. The molecule has 6 nitrogen and oxygen atoms in total. The molecule has 0 aliphatic carbocycles. The van der Waals surface area contributed by atoms with Crippen molar-refractivity contribution in [1.82, 2.24) is 0 Å². The molecule has 0 aliphatic heterocycles. The van der Waals surface area contributed by atoms with Crippen LogP contribution in [0.4, 0.5) is 0 Å². The molecule has 0 spiro atoms. The van der Waals surface area contributed by atoms with Crippen LogP contribution in [0.2, 0.25) is 0 Å². The second kappa shape index (κ2) is 64.8. The fourth-order valence-electron chi connectivity index (χ4n) is 8.35. The molecule has 0 amide bonds. The summed E-state index contributed by atoms with van der Waals surface area (Å²) < 4.78 is 16.9. The molecule has 0 heterocycles. The molecule has 78 heavy (non-hydrogen) atoms. The average molecular weight is 1080 g/mol. The monoisotopic (exact) mass is 1080 g/mol. The van der Waals surface area contributed by atoms with Crippen molar-refractivity contribution in [3.8, 4) is 0 Å². The van der Waals surface area contributed by atoms with Crippen LogP contribution in [0.3, 0.4) is 0 Å². The van der Waals surface area contributed by atoms with Gasteiger partial charge in [-0.2, -0.15) is 0 Å². The molecule has 6 heteroatoms. The third-order valence-electron chi connectivity index (χ3n) is 13.1. The highest BCUT2D eigenvalue weighted by Crippen LogP contribution is 2.14. The van der Waals surface area contributed by atoms with E-state index in [1.165, 1.54) is 83.5 Å². The molecule has 0 fully saturated rings. The van der Waals surface area contributed by atoms with E-state index in [-0.39, 0.29) is 37.5 Å². The van der Waals surface area contributed by atoms with E-state index in [9.17, 15) is 14.4 Å². The van der Waals surface area contributed by atoms with Gasteiger partial charge in [-0.3, -0.25) is 14.4 Å². The van der Waals surface area contributed by atoms with Gasteiger partial charge < -0.3 is 14.2 Å². The van der Waals surface area contributed by atoms with Crippen molar-refractivity contribution in [2.24, 2.45) is 0 Å². The number of hydrogen-bond donors (Lipinski definition) is 0. The Labute approximate surface area is 480 Å².